The lowest BCUT2D eigenvalue weighted by atomic mass is 10.1. The Morgan fingerprint density at radius 2 is 1.29 bits per heavy atom. The zero-order chi connectivity index (χ0) is 19.9. The number of thiocarbonyl (C=S) groups is 1. The molecule has 6 heteroatoms. The smallest absolute Gasteiger partial charge is 0.174 e. The zero-order valence-electron chi connectivity index (χ0n) is 15.4. The molecule has 0 heterocycles. The summed E-state index contributed by atoms with van der Waals surface area (Å²) in [4.78, 5) is 2.11. The molecule has 0 unspecified atom stereocenters. The molecule has 0 aromatic heterocycles. The summed E-state index contributed by atoms with van der Waals surface area (Å²) in [6.45, 7) is 1.31. The number of nitrogens with one attached hydrogen (secondary N) is 1. The second-order valence-electron chi connectivity index (χ2n) is 6.27. The monoisotopic (exact) mass is 430 g/mol. The Morgan fingerprint density at radius 3 is 1.79 bits per heavy atom. The number of rotatable bonds is 6. The van der Waals surface area contributed by atoms with Crippen molar-refractivity contribution in [3.63, 3.8) is 0 Å². The fourth-order valence-electron chi connectivity index (χ4n) is 2.70. The minimum Gasteiger partial charge on any atom is -0.497 e. The predicted molar refractivity (Wildman–Crippen MR) is 121 cm³/mol. The van der Waals surface area contributed by atoms with E-state index in [9.17, 15) is 0 Å². The molecule has 3 aromatic carbocycles. The normalized spacial score (nSPS) is 10.4. The van der Waals surface area contributed by atoms with Gasteiger partial charge in [-0.3, -0.25) is 0 Å². The van der Waals surface area contributed by atoms with Gasteiger partial charge in [-0.15, -0.1) is 0 Å². The maximum absolute atomic E-state index is 6.01. The Hall–Kier alpha value is -2.27. The van der Waals surface area contributed by atoms with E-state index in [1.807, 2.05) is 72.8 Å². The number of halogens is 2. The predicted octanol–water partition coefficient (Wildman–Crippen LogP) is 6.40. The van der Waals surface area contributed by atoms with Crippen LogP contribution < -0.4 is 10.1 Å². The van der Waals surface area contributed by atoms with Gasteiger partial charge in [0.15, 0.2) is 5.11 Å². The average molecular weight is 431 g/mol. The highest BCUT2D eigenvalue weighted by molar-refractivity contribution is 7.80. The third kappa shape index (κ3) is 5.86. The van der Waals surface area contributed by atoms with E-state index >= 15 is 0 Å². The fourth-order valence-corrected chi connectivity index (χ4v) is 3.20. The van der Waals surface area contributed by atoms with Crippen molar-refractivity contribution in [1.29, 1.82) is 0 Å². The molecule has 0 radical (unpaired) electrons. The van der Waals surface area contributed by atoms with Crippen LogP contribution in [0.2, 0.25) is 10.0 Å². The van der Waals surface area contributed by atoms with Crippen molar-refractivity contribution < 1.29 is 4.74 Å². The first-order chi connectivity index (χ1) is 13.5. The summed E-state index contributed by atoms with van der Waals surface area (Å²) in [7, 11) is 1.66. The van der Waals surface area contributed by atoms with Gasteiger partial charge in [-0.2, -0.15) is 0 Å². The molecule has 3 rings (SSSR count). The number of benzene rings is 3. The Bertz CT molecular complexity index is 913. The molecule has 0 saturated heterocycles. The number of hydrogen-bond acceptors (Lipinski definition) is 2. The minimum atomic E-state index is 0.632. The second-order valence-corrected chi connectivity index (χ2v) is 7.53. The average Bonchev–Trinajstić information content (AvgIpc) is 2.71. The highest BCUT2D eigenvalue weighted by Gasteiger charge is 2.12. The molecule has 0 spiro atoms. The number of nitrogens with zero attached hydrogens (tertiary/aromatic N) is 1. The Kier molecular flexibility index (Phi) is 7.15. The van der Waals surface area contributed by atoms with Crippen LogP contribution in [0.4, 0.5) is 5.69 Å². The van der Waals surface area contributed by atoms with Gasteiger partial charge in [-0.25, -0.2) is 0 Å². The van der Waals surface area contributed by atoms with Crippen molar-refractivity contribution in [1.82, 2.24) is 4.90 Å². The van der Waals surface area contributed by atoms with E-state index in [1.165, 1.54) is 0 Å². The van der Waals surface area contributed by atoms with Gasteiger partial charge in [0.05, 0.1) is 7.11 Å². The van der Waals surface area contributed by atoms with Crippen LogP contribution in [0, 0.1) is 0 Å². The molecule has 0 atom stereocenters. The summed E-state index contributed by atoms with van der Waals surface area (Å²) in [5.41, 5.74) is 3.15. The topological polar surface area (TPSA) is 24.5 Å². The van der Waals surface area contributed by atoms with Crippen LogP contribution in [0.5, 0.6) is 5.75 Å². The first-order valence-electron chi connectivity index (χ1n) is 8.72. The summed E-state index contributed by atoms with van der Waals surface area (Å²) < 4.78 is 5.24. The van der Waals surface area contributed by atoms with E-state index < -0.39 is 0 Å². The highest BCUT2D eigenvalue weighted by Crippen LogP contribution is 2.19. The Morgan fingerprint density at radius 1 is 0.821 bits per heavy atom. The first-order valence-corrected chi connectivity index (χ1v) is 9.89. The van der Waals surface area contributed by atoms with Gasteiger partial charge in [0.1, 0.15) is 5.75 Å². The summed E-state index contributed by atoms with van der Waals surface area (Å²) in [6, 6.07) is 23.2. The van der Waals surface area contributed by atoms with Crippen molar-refractivity contribution >= 4 is 46.2 Å². The standard InChI is InChI=1S/C22H20Cl2N2OS/c1-27-21-12-4-17(5-13-21)15-26(14-16-2-6-18(23)7-3-16)22(28)25-20-10-8-19(24)9-11-20/h2-13H,14-15H2,1H3,(H,25,28). The SMILES string of the molecule is COc1ccc(CN(Cc2ccc(Cl)cc2)C(=S)Nc2ccc(Cl)cc2)cc1. The van der Waals surface area contributed by atoms with Crippen LogP contribution in [-0.4, -0.2) is 17.1 Å². The number of ether oxygens (including phenoxy) is 1. The highest BCUT2D eigenvalue weighted by atomic mass is 35.5. The van der Waals surface area contributed by atoms with E-state index in [4.69, 9.17) is 40.2 Å². The summed E-state index contributed by atoms with van der Waals surface area (Å²) in [5, 5.41) is 5.33. The van der Waals surface area contributed by atoms with Crippen LogP contribution >= 0.6 is 35.4 Å². The van der Waals surface area contributed by atoms with E-state index in [-0.39, 0.29) is 0 Å². The molecule has 3 nitrogen and oxygen atoms in total. The van der Waals surface area contributed by atoms with E-state index in [2.05, 4.69) is 10.2 Å². The van der Waals surface area contributed by atoms with E-state index in [0.717, 1.165) is 22.6 Å². The molecule has 0 bridgehead atoms. The molecular weight excluding hydrogens is 411 g/mol. The molecule has 1 N–H and O–H groups in total. The molecule has 0 aliphatic carbocycles. The molecular formula is C22H20Cl2N2OS. The molecule has 0 aliphatic rings. The molecule has 0 amide bonds. The second kappa shape index (κ2) is 9.78. The minimum absolute atomic E-state index is 0.632. The Balaban J connectivity index is 1.78. The van der Waals surface area contributed by atoms with E-state index in [1.54, 1.807) is 7.11 Å². The van der Waals surface area contributed by atoms with Crippen LogP contribution in [0.15, 0.2) is 72.8 Å². The van der Waals surface area contributed by atoms with Crippen molar-refractivity contribution in [2.75, 3.05) is 12.4 Å². The number of anilines is 1. The summed E-state index contributed by atoms with van der Waals surface area (Å²) in [6.07, 6.45) is 0. The van der Waals surface area contributed by atoms with Crippen molar-refractivity contribution in [3.8, 4) is 5.75 Å². The first kappa shape index (κ1) is 20.5. The van der Waals surface area contributed by atoms with Gasteiger partial charge >= 0.3 is 0 Å². The van der Waals surface area contributed by atoms with Gasteiger partial charge in [-0.05, 0) is 71.9 Å². The van der Waals surface area contributed by atoms with Crippen molar-refractivity contribution in [3.05, 3.63) is 94.0 Å². The maximum Gasteiger partial charge on any atom is 0.174 e. The van der Waals surface area contributed by atoms with Gasteiger partial charge in [-0.1, -0.05) is 47.5 Å². The quantitative estimate of drug-likeness (QED) is 0.457. The summed E-state index contributed by atoms with van der Waals surface area (Å²) in [5.74, 6) is 0.829. The largest absolute Gasteiger partial charge is 0.497 e. The fraction of sp³-hybridized carbons (Fsp3) is 0.136. The molecule has 28 heavy (non-hydrogen) atoms. The van der Waals surface area contributed by atoms with Gasteiger partial charge in [0, 0.05) is 28.8 Å². The maximum atomic E-state index is 6.01. The molecule has 0 saturated carbocycles. The van der Waals surface area contributed by atoms with Crippen LogP contribution in [-0.2, 0) is 13.1 Å². The third-order valence-corrected chi connectivity index (χ3v) is 5.07. The zero-order valence-corrected chi connectivity index (χ0v) is 17.7. The number of hydrogen-bond donors (Lipinski definition) is 1. The molecule has 0 aliphatic heterocycles. The lowest BCUT2D eigenvalue weighted by Crippen LogP contribution is -2.33. The van der Waals surface area contributed by atoms with E-state index in [0.29, 0.717) is 28.2 Å². The van der Waals surface area contributed by atoms with Crippen LogP contribution in [0.25, 0.3) is 0 Å². The van der Waals surface area contributed by atoms with Gasteiger partial charge in [0.25, 0.3) is 0 Å². The molecule has 0 fully saturated rings. The lowest BCUT2D eigenvalue weighted by molar-refractivity contribution is 0.407. The lowest BCUT2D eigenvalue weighted by Gasteiger charge is -2.26. The molecule has 3 aromatic rings. The number of methoxy groups -OCH3 is 1. The van der Waals surface area contributed by atoms with Crippen molar-refractivity contribution in [2.24, 2.45) is 0 Å². The Labute approximate surface area is 180 Å². The van der Waals surface area contributed by atoms with Crippen molar-refractivity contribution in [2.45, 2.75) is 13.1 Å². The third-order valence-electron chi connectivity index (χ3n) is 4.20. The van der Waals surface area contributed by atoms with Gasteiger partial charge < -0.3 is 15.0 Å². The van der Waals surface area contributed by atoms with Crippen LogP contribution in [0.3, 0.4) is 0 Å². The molecule has 144 valence electrons. The van der Waals surface area contributed by atoms with Gasteiger partial charge in [0.2, 0.25) is 0 Å². The van der Waals surface area contributed by atoms with Crippen LogP contribution in [0.1, 0.15) is 11.1 Å². The summed E-state index contributed by atoms with van der Waals surface area (Å²) >= 11 is 17.7.